The highest BCUT2D eigenvalue weighted by molar-refractivity contribution is 5.70. The highest BCUT2D eigenvalue weighted by Crippen LogP contribution is 2.20. The zero-order valence-electron chi connectivity index (χ0n) is 8.82. The third-order valence-corrected chi connectivity index (χ3v) is 2.14. The highest BCUT2D eigenvalue weighted by Gasteiger charge is 2.29. The van der Waals surface area contributed by atoms with Crippen LogP contribution in [-0.4, -0.2) is 22.3 Å². The van der Waals surface area contributed by atoms with Crippen LogP contribution in [0, 0.1) is 17.8 Å². The SMILES string of the molecule is CC(C)C[C@@H](C(=O)O)[C@@H](O)C(C)C. The average Bonchev–Trinajstić information content (AvgIpc) is 1.97. The van der Waals surface area contributed by atoms with Crippen molar-refractivity contribution in [3.8, 4) is 0 Å². The first-order valence-corrected chi connectivity index (χ1v) is 4.77. The van der Waals surface area contributed by atoms with Crippen molar-refractivity contribution < 1.29 is 15.0 Å². The van der Waals surface area contributed by atoms with E-state index in [0.717, 1.165) is 0 Å². The van der Waals surface area contributed by atoms with Crippen molar-refractivity contribution in [1.29, 1.82) is 0 Å². The van der Waals surface area contributed by atoms with Gasteiger partial charge in [-0.25, -0.2) is 0 Å². The summed E-state index contributed by atoms with van der Waals surface area (Å²) in [6.45, 7) is 7.59. The second-order valence-electron chi connectivity index (χ2n) is 4.31. The monoisotopic (exact) mass is 188 g/mol. The molecule has 2 N–H and O–H groups in total. The average molecular weight is 188 g/mol. The van der Waals surface area contributed by atoms with Crippen LogP contribution in [0.25, 0.3) is 0 Å². The van der Waals surface area contributed by atoms with Gasteiger partial charge in [0, 0.05) is 0 Å². The number of hydrogen-bond acceptors (Lipinski definition) is 2. The van der Waals surface area contributed by atoms with Crippen LogP contribution in [0.3, 0.4) is 0 Å². The second-order valence-corrected chi connectivity index (χ2v) is 4.31. The minimum atomic E-state index is -0.894. The van der Waals surface area contributed by atoms with Gasteiger partial charge in [0.25, 0.3) is 0 Å². The molecule has 0 rings (SSSR count). The van der Waals surface area contributed by atoms with Crippen molar-refractivity contribution in [3.63, 3.8) is 0 Å². The van der Waals surface area contributed by atoms with Gasteiger partial charge < -0.3 is 10.2 Å². The lowest BCUT2D eigenvalue weighted by Crippen LogP contribution is -2.33. The van der Waals surface area contributed by atoms with Crippen LogP contribution in [0.4, 0.5) is 0 Å². The third-order valence-electron chi connectivity index (χ3n) is 2.14. The van der Waals surface area contributed by atoms with E-state index in [2.05, 4.69) is 0 Å². The molecule has 0 aromatic rings. The number of carboxylic acid groups (broad SMARTS) is 1. The van der Waals surface area contributed by atoms with Crippen molar-refractivity contribution in [2.75, 3.05) is 0 Å². The zero-order chi connectivity index (χ0) is 10.6. The fraction of sp³-hybridized carbons (Fsp3) is 0.900. The van der Waals surface area contributed by atoms with Crippen molar-refractivity contribution in [1.82, 2.24) is 0 Å². The molecule has 78 valence electrons. The van der Waals surface area contributed by atoms with E-state index in [1.165, 1.54) is 0 Å². The van der Waals surface area contributed by atoms with Crippen LogP contribution < -0.4 is 0 Å². The molecule has 0 bridgehead atoms. The Morgan fingerprint density at radius 2 is 1.69 bits per heavy atom. The molecule has 13 heavy (non-hydrogen) atoms. The van der Waals surface area contributed by atoms with Gasteiger partial charge in [-0.15, -0.1) is 0 Å². The van der Waals surface area contributed by atoms with Crippen molar-refractivity contribution in [3.05, 3.63) is 0 Å². The van der Waals surface area contributed by atoms with E-state index in [1.54, 1.807) is 0 Å². The normalized spacial score (nSPS) is 16.2. The van der Waals surface area contributed by atoms with E-state index >= 15 is 0 Å². The second kappa shape index (κ2) is 5.22. The van der Waals surface area contributed by atoms with Crippen molar-refractivity contribution in [2.24, 2.45) is 17.8 Å². The van der Waals surface area contributed by atoms with Gasteiger partial charge in [0.1, 0.15) is 0 Å². The molecule has 0 spiro atoms. The predicted octanol–water partition coefficient (Wildman–Crippen LogP) is 1.75. The lowest BCUT2D eigenvalue weighted by atomic mass is 9.87. The Morgan fingerprint density at radius 3 is 1.92 bits per heavy atom. The van der Waals surface area contributed by atoms with Crippen LogP contribution >= 0.6 is 0 Å². The minimum absolute atomic E-state index is 0.000139. The molecule has 0 aliphatic heterocycles. The Balaban J connectivity index is 4.33. The number of aliphatic carboxylic acids is 1. The number of carboxylic acids is 1. The fourth-order valence-corrected chi connectivity index (χ4v) is 1.36. The van der Waals surface area contributed by atoms with Gasteiger partial charge in [0.15, 0.2) is 0 Å². The summed E-state index contributed by atoms with van der Waals surface area (Å²) in [7, 11) is 0. The summed E-state index contributed by atoms with van der Waals surface area (Å²) < 4.78 is 0. The number of hydrogen-bond donors (Lipinski definition) is 2. The van der Waals surface area contributed by atoms with Gasteiger partial charge in [0.05, 0.1) is 12.0 Å². The Bertz CT molecular complexity index is 164. The van der Waals surface area contributed by atoms with Crippen LogP contribution in [0.2, 0.25) is 0 Å². The maximum Gasteiger partial charge on any atom is 0.309 e. The largest absolute Gasteiger partial charge is 0.481 e. The van der Waals surface area contributed by atoms with Crippen molar-refractivity contribution in [2.45, 2.75) is 40.2 Å². The predicted molar refractivity (Wildman–Crippen MR) is 51.4 cm³/mol. The first-order chi connectivity index (χ1) is 5.86. The number of carbonyl (C=O) groups is 1. The molecule has 0 saturated carbocycles. The molecular formula is C10H20O3. The molecule has 0 aliphatic rings. The summed E-state index contributed by atoms with van der Waals surface area (Å²) in [6.07, 6.45) is -0.200. The first kappa shape index (κ1) is 12.4. The third kappa shape index (κ3) is 4.27. The van der Waals surface area contributed by atoms with E-state index in [1.807, 2.05) is 27.7 Å². The van der Waals surface area contributed by atoms with E-state index in [-0.39, 0.29) is 5.92 Å². The maximum absolute atomic E-state index is 10.8. The van der Waals surface area contributed by atoms with Crippen LogP contribution in [0.1, 0.15) is 34.1 Å². The zero-order valence-corrected chi connectivity index (χ0v) is 8.82. The van der Waals surface area contributed by atoms with Crippen LogP contribution in [-0.2, 0) is 4.79 Å². The summed E-state index contributed by atoms with van der Waals surface area (Å²) in [5.41, 5.74) is 0. The topological polar surface area (TPSA) is 57.5 Å². The number of aliphatic hydroxyl groups is 1. The van der Waals surface area contributed by atoms with Gasteiger partial charge in [-0.05, 0) is 18.3 Å². The van der Waals surface area contributed by atoms with E-state index < -0.39 is 18.0 Å². The molecule has 0 fully saturated rings. The number of aliphatic hydroxyl groups excluding tert-OH is 1. The van der Waals surface area contributed by atoms with E-state index in [0.29, 0.717) is 12.3 Å². The maximum atomic E-state index is 10.8. The lowest BCUT2D eigenvalue weighted by Gasteiger charge is -2.23. The Morgan fingerprint density at radius 1 is 1.23 bits per heavy atom. The Labute approximate surface area is 79.8 Å². The molecule has 0 aromatic heterocycles. The lowest BCUT2D eigenvalue weighted by molar-refractivity contribution is -0.147. The Hall–Kier alpha value is -0.570. The quantitative estimate of drug-likeness (QED) is 0.691. The van der Waals surface area contributed by atoms with Gasteiger partial charge in [-0.1, -0.05) is 27.7 Å². The van der Waals surface area contributed by atoms with Crippen LogP contribution in [0.15, 0.2) is 0 Å². The molecular weight excluding hydrogens is 168 g/mol. The molecule has 0 amide bonds. The standard InChI is InChI=1S/C10H20O3/c1-6(2)5-8(10(12)13)9(11)7(3)4/h6-9,11H,5H2,1-4H3,(H,12,13)/t8-,9+/m1/s1. The molecule has 0 saturated heterocycles. The van der Waals surface area contributed by atoms with Gasteiger partial charge in [-0.2, -0.15) is 0 Å². The van der Waals surface area contributed by atoms with Crippen LogP contribution in [0.5, 0.6) is 0 Å². The van der Waals surface area contributed by atoms with Gasteiger partial charge >= 0.3 is 5.97 Å². The van der Waals surface area contributed by atoms with E-state index in [9.17, 15) is 9.90 Å². The van der Waals surface area contributed by atoms with E-state index in [4.69, 9.17) is 5.11 Å². The van der Waals surface area contributed by atoms with Gasteiger partial charge in [0.2, 0.25) is 0 Å². The molecule has 0 aliphatic carbocycles. The molecule has 3 heteroatoms. The summed E-state index contributed by atoms with van der Waals surface area (Å²) >= 11 is 0. The summed E-state index contributed by atoms with van der Waals surface area (Å²) in [5, 5.41) is 18.5. The molecule has 0 unspecified atom stereocenters. The number of rotatable bonds is 5. The Kier molecular flexibility index (Phi) is 4.99. The summed E-state index contributed by atoms with van der Waals surface area (Å²) in [4.78, 5) is 10.8. The molecule has 0 heterocycles. The molecule has 0 aromatic carbocycles. The highest BCUT2D eigenvalue weighted by atomic mass is 16.4. The van der Waals surface area contributed by atoms with Gasteiger partial charge in [-0.3, -0.25) is 4.79 Å². The minimum Gasteiger partial charge on any atom is -0.481 e. The first-order valence-electron chi connectivity index (χ1n) is 4.77. The fourth-order valence-electron chi connectivity index (χ4n) is 1.36. The molecule has 0 radical (unpaired) electrons. The smallest absolute Gasteiger partial charge is 0.309 e. The summed E-state index contributed by atoms with van der Waals surface area (Å²) in [6, 6.07) is 0. The summed E-state index contributed by atoms with van der Waals surface area (Å²) in [5.74, 6) is -1.22. The van der Waals surface area contributed by atoms with Crippen molar-refractivity contribution >= 4 is 5.97 Å². The molecule has 3 nitrogen and oxygen atoms in total. The molecule has 2 atom stereocenters.